The number of hydrogen-bond acceptors (Lipinski definition) is 10. The number of rotatable bonds is 7. The summed E-state index contributed by atoms with van der Waals surface area (Å²) in [6.45, 7) is 1.72. The summed E-state index contributed by atoms with van der Waals surface area (Å²) in [5.74, 6) is -0.599. The van der Waals surface area contributed by atoms with Crippen LogP contribution in [0, 0.1) is 0 Å². The monoisotopic (exact) mass is 499 g/mol. The molecule has 0 amide bonds. The largest absolute Gasteiger partial charge is 0.434 e. The van der Waals surface area contributed by atoms with Crippen LogP contribution in [0.4, 0.5) is 11.6 Å². The van der Waals surface area contributed by atoms with Crippen LogP contribution in [0.15, 0.2) is 87.2 Å². The van der Waals surface area contributed by atoms with Crippen LogP contribution in [0.25, 0.3) is 0 Å². The zero-order valence-electron chi connectivity index (χ0n) is 17.7. The van der Waals surface area contributed by atoms with Gasteiger partial charge in [-0.15, -0.1) is 0 Å². The number of carbonyl (C=O) groups excluding carboxylic acids is 1. The van der Waals surface area contributed by atoms with Gasteiger partial charge in [-0.1, -0.05) is 11.6 Å². The predicted molar refractivity (Wildman–Crippen MR) is 124 cm³/mol. The molecular formula is C21H18ClN7O4S. The van der Waals surface area contributed by atoms with Gasteiger partial charge in [0.2, 0.25) is 12.2 Å². The SMILES string of the molecule is CC1=NNC(OC(=O)c2ccc(Cl)cc2)C1/N=N/c1ccc(S(=O)(=O)Nc2ncccn2)cc1. The lowest BCUT2D eigenvalue weighted by atomic mass is 10.2. The van der Waals surface area contributed by atoms with Crippen LogP contribution in [0.2, 0.25) is 5.02 Å². The van der Waals surface area contributed by atoms with Gasteiger partial charge in [-0.3, -0.25) is 5.43 Å². The van der Waals surface area contributed by atoms with Crippen molar-refractivity contribution in [2.45, 2.75) is 24.1 Å². The highest BCUT2D eigenvalue weighted by Gasteiger charge is 2.33. The van der Waals surface area contributed by atoms with Crippen molar-refractivity contribution in [3.63, 3.8) is 0 Å². The van der Waals surface area contributed by atoms with Crippen molar-refractivity contribution in [2.24, 2.45) is 15.3 Å². The van der Waals surface area contributed by atoms with Gasteiger partial charge in [0.1, 0.15) is 0 Å². The maximum Gasteiger partial charge on any atom is 0.340 e. The van der Waals surface area contributed by atoms with E-state index in [2.05, 4.69) is 35.4 Å². The summed E-state index contributed by atoms with van der Waals surface area (Å²) >= 11 is 5.85. The summed E-state index contributed by atoms with van der Waals surface area (Å²) in [5.41, 5.74) is 4.03. The number of esters is 1. The van der Waals surface area contributed by atoms with E-state index in [1.807, 2.05) is 0 Å². The molecule has 4 rings (SSSR count). The lowest BCUT2D eigenvalue weighted by Crippen LogP contribution is -2.37. The average Bonchev–Trinajstić information content (AvgIpc) is 3.17. The van der Waals surface area contributed by atoms with Gasteiger partial charge < -0.3 is 4.74 Å². The zero-order chi connectivity index (χ0) is 24.1. The molecular weight excluding hydrogens is 482 g/mol. The van der Waals surface area contributed by atoms with Crippen LogP contribution in [0.1, 0.15) is 17.3 Å². The van der Waals surface area contributed by atoms with Crippen LogP contribution < -0.4 is 10.1 Å². The molecule has 1 aliphatic heterocycles. The number of anilines is 1. The van der Waals surface area contributed by atoms with Crippen molar-refractivity contribution in [1.82, 2.24) is 15.4 Å². The summed E-state index contributed by atoms with van der Waals surface area (Å²) in [7, 11) is -3.86. The lowest BCUT2D eigenvalue weighted by molar-refractivity contribution is 0.0227. The normalized spacial score (nSPS) is 17.8. The van der Waals surface area contributed by atoms with Crippen LogP contribution in [-0.2, 0) is 14.8 Å². The third-order valence-electron chi connectivity index (χ3n) is 4.63. The highest BCUT2D eigenvalue weighted by molar-refractivity contribution is 7.92. The Morgan fingerprint density at radius 3 is 2.44 bits per heavy atom. The summed E-state index contributed by atoms with van der Waals surface area (Å²) in [6.07, 6.45) is 2.01. The Morgan fingerprint density at radius 1 is 1.09 bits per heavy atom. The van der Waals surface area contributed by atoms with Crippen LogP contribution in [-0.4, -0.2) is 42.3 Å². The third-order valence-corrected chi connectivity index (χ3v) is 6.23. The molecule has 0 saturated heterocycles. The minimum atomic E-state index is -3.86. The Bertz CT molecular complexity index is 1330. The minimum absolute atomic E-state index is 0.00829. The fraction of sp³-hybridized carbons (Fsp3) is 0.143. The molecule has 2 unspecified atom stereocenters. The van der Waals surface area contributed by atoms with Crippen molar-refractivity contribution in [2.75, 3.05) is 4.72 Å². The van der Waals surface area contributed by atoms with Gasteiger partial charge in [-0.2, -0.15) is 15.3 Å². The fourth-order valence-electron chi connectivity index (χ4n) is 2.88. The molecule has 1 aromatic heterocycles. The molecule has 0 fully saturated rings. The van der Waals surface area contributed by atoms with Gasteiger partial charge in [-0.25, -0.2) is 27.9 Å². The number of hydrazone groups is 1. The number of aromatic nitrogens is 2. The molecule has 13 heteroatoms. The molecule has 2 heterocycles. The van der Waals surface area contributed by atoms with Gasteiger partial charge in [0.05, 0.1) is 21.9 Å². The van der Waals surface area contributed by atoms with Crippen molar-refractivity contribution in [1.29, 1.82) is 0 Å². The first-order valence-corrected chi connectivity index (χ1v) is 11.7. The first kappa shape index (κ1) is 23.3. The molecule has 2 aromatic carbocycles. The van der Waals surface area contributed by atoms with Crippen molar-refractivity contribution in [3.05, 3.63) is 77.6 Å². The van der Waals surface area contributed by atoms with E-state index in [1.165, 1.54) is 36.7 Å². The predicted octanol–water partition coefficient (Wildman–Crippen LogP) is 3.55. The summed E-state index contributed by atoms with van der Waals surface area (Å²) < 4.78 is 32.7. The second kappa shape index (κ2) is 9.93. The summed E-state index contributed by atoms with van der Waals surface area (Å²) in [6, 6.07) is 13.0. The smallest absolute Gasteiger partial charge is 0.340 e. The molecule has 174 valence electrons. The van der Waals surface area contributed by atoms with Gasteiger partial charge in [-0.05, 0) is 61.5 Å². The first-order valence-electron chi connectivity index (χ1n) is 9.89. The van der Waals surface area contributed by atoms with E-state index in [4.69, 9.17) is 16.3 Å². The highest BCUT2D eigenvalue weighted by Crippen LogP contribution is 2.21. The molecule has 0 saturated carbocycles. The van der Waals surface area contributed by atoms with Gasteiger partial charge >= 0.3 is 5.97 Å². The van der Waals surface area contributed by atoms with E-state index in [0.29, 0.717) is 22.0 Å². The molecule has 11 nitrogen and oxygen atoms in total. The number of sulfonamides is 1. The van der Waals surface area contributed by atoms with E-state index in [-0.39, 0.29) is 10.8 Å². The second-order valence-corrected chi connectivity index (χ2v) is 9.17. The van der Waals surface area contributed by atoms with Crippen molar-refractivity contribution < 1.29 is 17.9 Å². The number of ether oxygens (including phenoxy) is 1. The number of azo groups is 1. The van der Waals surface area contributed by atoms with E-state index >= 15 is 0 Å². The van der Waals surface area contributed by atoms with Gasteiger partial charge in [0.25, 0.3) is 10.0 Å². The zero-order valence-corrected chi connectivity index (χ0v) is 19.2. The summed E-state index contributed by atoms with van der Waals surface area (Å²) in [4.78, 5) is 20.1. The van der Waals surface area contributed by atoms with Gasteiger partial charge in [0, 0.05) is 17.4 Å². The molecule has 2 atom stereocenters. The number of halogens is 1. The minimum Gasteiger partial charge on any atom is -0.434 e. The van der Waals surface area contributed by atoms with E-state index in [1.54, 1.807) is 37.3 Å². The van der Waals surface area contributed by atoms with Crippen molar-refractivity contribution in [3.8, 4) is 0 Å². The number of hydrogen-bond donors (Lipinski definition) is 2. The maximum atomic E-state index is 12.5. The molecule has 1 aliphatic rings. The Kier molecular flexibility index (Phi) is 6.80. The molecule has 0 radical (unpaired) electrons. The Balaban J connectivity index is 1.42. The van der Waals surface area contributed by atoms with E-state index in [9.17, 15) is 13.2 Å². The van der Waals surface area contributed by atoms with Gasteiger partial charge in [0.15, 0.2) is 6.04 Å². The number of nitrogens with zero attached hydrogens (tertiary/aromatic N) is 5. The molecule has 2 N–H and O–H groups in total. The van der Waals surface area contributed by atoms with Crippen molar-refractivity contribution >= 4 is 44.9 Å². The fourth-order valence-corrected chi connectivity index (χ4v) is 3.96. The van der Waals surface area contributed by atoms with E-state index < -0.39 is 28.3 Å². The topological polar surface area (TPSA) is 147 Å². The summed E-state index contributed by atoms with van der Waals surface area (Å²) in [5, 5.41) is 12.9. The van der Waals surface area contributed by atoms with Crippen LogP contribution in [0.5, 0.6) is 0 Å². The average molecular weight is 500 g/mol. The maximum absolute atomic E-state index is 12.5. The molecule has 3 aromatic rings. The Morgan fingerprint density at radius 2 is 1.76 bits per heavy atom. The van der Waals surface area contributed by atoms with Crippen LogP contribution in [0.3, 0.4) is 0 Å². The van der Waals surface area contributed by atoms with E-state index in [0.717, 1.165) is 0 Å². The number of carbonyl (C=O) groups is 1. The lowest BCUT2D eigenvalue weighted by Gasteiger charge is -2.16. The number of nitrogens with one attached hydrogen (secondary N) is 2. The Labute approximate surface area is 200 Å². The van der Waals surface area contributed by atoms with Crippen LogP contribution >= 0.6 is 11.6 Å². The number of benzene rings is 2. The highest BCUT2D eigenvalue weighted by atomic mass is 35.5. The second-order valence-electron chi connectivity index (χ2n) is 7.05. The molecule has 0 spiro atoms. The molecule has 34 heavy (non-hydrogen) atoms. The molecule has 0 aliphatic carbocycles. The quantitative estimate of drug-likeness (QED) is 0.373. The Hall–Kier alpha value is -3.90. The first-order chi connectivity index (χ1) is 16.3. The molecule has 0 bridgehead atoms. The standard InChI is InChI=1S/C21H18ClN7O4S/c1-13-18(19(28-25-13)33-20(30)14-3-5-15(22)6-4-14)27-26-16-7-9-17(10-8-16)34(31,32)29-21-23-11-2-12-24-21/h2-12,18-19,28H,1H3,(H,23,24,29)/b27-26+. The third kappa shape index (κ3) is 5.53.